The number of imidazole rings is 1. The minimum absolute atomic E-state index is 0.0405. The number of nitrogens with one attached hydrogen (secondary N) is 1. The number of rotatable bonds is 6. The van der Waals surface area contributed by atoms with E-state index in [1.807, 2.05) is 52.9 Å². The van der Waals surface area contributed by atoms with E-state index in [1.165, 1.54) is 37.1 Å². The SMILES string of the molecule is COc1ccc([N+](=O)[O-])cc1NC(=O)CSc1nc2ccccc2c2nc3ccccc3n12. The Bertz CT molecular complexity index is 1550. The van der Waals surface area contributed by atoms with Gasteiger partial charge < -0.3 is 10.1 Å². The number of methoxy groups -OCH3 is 1. The van der Waals surface area contributed by atoms with Crippen molar-refractivity contribution in [2.75, 3.05) is 18.2 Å². The lowest BCUT2D eigenvalue weighted by Gasteiger charge is -2.11. The van der Waals surface area contributed by atoms with Gasteiger partial charge in [-0.1, -0.05) is 36.0 Å². The van der Waals surface area contributed by atoms with E-state index in [0.717, 1.165) is 27.6 Å². The molecular weight excluding hydrogens is 442 g/mol. The van der Waals surface area contributed by atoms with Gasteiger partial charge in [-0.25, -0.2) is 9.97 Å². The summed E-state index contributed by atoms with van der Waals surface area (Å²) in [5.74, 6) is 0.0378. The first-order valence-corrected chi connectivity index (χ1v) is 10.9. The van der Waals surface area contributed by atoms with Crippen LogP contribution in [0.3, 0.4) is 0 Å². The van der Waals surface area contributed by atoms with Gasteiger partial charge in [0.25, 0.3) is 5.69 Å². The van der Waals surface area contributed by atoms with Crippen LogP contribution in [-0.4, -0.2) is 38.1 Å². The van der Waals surface area contributed by atoms with E-state index < -0.39 is 4.92 Å². The number of anilines is 1. The number of amides is 1. The van der Waals surface area contributed by atoms with Crippen molar-refractivity contribution in [1.82, 2.24) is 14.4 Å². The summed E-state index contributed by atoms with van der Waals surface area (Å²) in [6.45, 7) is 0. The predicted octanol–water partition coefficient (Wildman–Crippen LogP) is 4.68. The quantitative estimate of drug-likeness (QED) is 0.170. The molecule has 0 bridgehead atoms. The molecule has 0 radical (unpaired) electrons. The Labute approximate surface area is 191 Å². The number of carbonyl (C=O) groups is 1. The number of fused-ring (bicyclic) bond motifs is 5. The van der Waals surface area contributed by atoms with Crippen molar-refractivity contribution in [2.24, 2.45) is 0 Å². The molecule has 0 aliphatic carbocycles. The molecule has 0 aliphatic heterocycles. The molecule has 2 aromatic heterocycles. The zero-order chi connectivity index (χ0) is 22.9. The summed E-state index contributed by atoms with van der Waals surface area (Å²) in [6, 6.07) is 19.5. The number of nitrogens with zero attached hydrogens (tertiary/aromatic N) is 4. The second-order valence-corrected chi connectivity index (χ2v) is 8.09. The first-order chi connectivity index (χ1) is 16.0. The number of non-ortho nitro benzene ring substituents is 1. The van der Waals surface area contributed by atoms with Crippen molar-refractivity contribution < 1.29 is 14.5 Å². The first-order valence-electron chi connectivity index (χ1n) is 9.96. The zero-order valence-corrected chi connectivity index (χ0v) is 18.2. The fraction of sp³-hybridized carbons (Fsp3) is 0.0870. The van der Waals surface area contributed by atoms with Crippen LogP contribution in [0.15, 0.2) is 71.9 Å². The van der Waals surface area contributed by atoms with E-state index in [9.17, 15) is 14.9 Å². The van der Waals surface area contributed by atoms with Crippen LogP contribution in [0.25, 0.3) is 27.6 Å². The lowest BCUT2D eigenvalue weighted by atomic mass is 10.2. The summed E-state index contributed by atoms with van der Waals surface area (Å²) >= 11 is 1.26. The number of nitro benzene ring substituents is 1. The van der Waals surface area contributed by atoms with E-state index in [0.29, 0.717) is 10.9 Å². The highest BCUT2D eigenvalue weighted by Gasteiger charge is 2.17. The number of hydrogen-bond acceptors (Lipinski definition) is 7. The van der Waals surface area contributed by atoms with Gasteiger partial charge in [0.15, 0.2) is 5.16 Å². The Balaban J connectivity index is 1.48. The minimum Gasteiger partial charge on any atom is -0.495 e. The van der Waals surface area contributed by atoms with Crippen molar-refractivity contribution in [3.05, 3.63) is 76.8 Å². The zero-order valence-electron chi connectivity index (χ0n) is 17.4. The van der Waals surface area contributed by atoms with Gasteiger partial charge in [0.05, 0.1) is 40.0 Å². The molecule has 2 heterocycles. The standard InChI is InChI=1S/C23H17N5O4S/c1-32-20-11-10-14(28(30)31)12-18(20)24-21(29)13-33-23-26-16-7-3-2-6-15(16)22-25-17-8-4-5-9-19(17)27(22)23/h2-12H,13H2,1H3,(H,24,29). The van der Waals surface area contributed by atoms with E-state index in [1.54, 1.807) is 0 Å². The molecule has 0 atom stereocenters. The number of aromatic nitrogens is 3. The molecule has 10 heteroatoms. The van der Waals surface area contributed by atoms with E-state index in [4.69, 9.17) is 14.7 Å². The van der Waals surface area contributed by atoms with Gasteiger partial charge in [-0.05, 0) is 30.3 Å². The molecule has 0 saturated carbocycles. The van der Waals surface area contributed by atoms with Crippen LogP contribution in [0.5, 0.6) is 5.75 Å². The van der Waals surface area contributed by atoms with Gasteiger partial charge in [0.2, 0.25) is 5.91 Å². The monoisotopic (exact) mass is 459 g/mol. The number of nitro groups is 1. The molecule has 9 nitrogen and oxygen atoms in total. The summed E-state index contributed by atoms with van der Waals surface area (Å²) in [6.07, 6.45) is 0. The average molecular weight is 459 g/mol. The second kappa shape index (κ2) is 8.40. The van der Waals surface area contributed by atoms with Gasteiger partial charge in [-0.2, -0.15) is 0 Å². The second-order valence-electron chi connectivity index (χ2n) is 7.15. The topological polar surface area (TPSA) is 112 Å². The van der Waals surface area contributed by atoms with E-state index >= 15 is 0 Å². The number of hydrogen-bond donors (Lipinski definition) is 1. The number of thioether (sulfide) groups is 1. The minimum atomic E-state index is -0.524. The molecule has 0 spiro atoms. The van der Waals surface area contributed by atoms with Crippen LogP contribution in [0.4, 0.5) is 11.4 Å². The van der Waals surface area contributed by atoms with Gasteiger partial charge in [-0.3, -0.25) is 19.3 Å². The molecule has 5 aromatic rings. The lowest BCUT2D eigenvalue weighted by molar-refractivity contribution is -0.384. The predicted molar refractivity (Wildman–Crippen MR) is 127 cm³/mol. The fourth-order valence-corrected chi connectivity index (χ4v) is 4.44. The smallest absolute Gasteiger partial charge is 0.271 e. The maximum atomic E-state index is 12.7. The average Bonchev–Trinajstić information content (AvgIpc) is 3.22. The number of benzene rings is 3. The molecule has 3 aromatic carbocycles. The molecule has 1 N–H and O–H groups in total. The Morgan fingerprint density at radius 2 is 1.85 bits per heavy atom. The summed E-state index contributed by atoms with van der Waals surface area (Å²) in [4.78, 5) is 32.8. The lowest BCUT2D eigenvalue weighted by Crippen LogP contribution is -2.15. The van der Waals surface area contributed by atoms with Gasteiger partial charge in [0.1, 0.15) is 11.4 Å². The maximum Gasteiger partial charge on any atom is 0.271 e. The van der Waals surface area contributed by atoms with Crippen molar-refractivity contribution in [1.29, 1.82) is 0 Å². The Hall–Kier alpha value is -4.18. The van der Waals surface area contributed by atoms with Crippen LogP contribution in [0, 0.1) is 10.1 Å². The van der Waals surface area contributed by atoms with Crippen molar-refractivity contribution >= 4 is 56.6 Å². The molecule has 0 unspecified atom stereocenters. The third kappa shape index (κ3) is 3.80. The van der Waals surface area contributed by atoms with Gasteiger partial charge >= 0.3 is 0 Å². The largest absolute Gasteiger partial charge is 0.495 e. The third-order valence-corrected chi connectivity index (χ3v) is 6.05. The maximum absolute atomic E-state index is 12.7. The highest BCUT2D eigenvalue weighted by Crippen LogP contribution is 2.31. The Kier molecular flexibility index (Phi) is 5.27. The van der Waals surface area contributed by atoms with E-state index in [2.05, 4.69) is 5.32 Å². The Morgan fingerprint density at radius 1 is 1.09 bits per heavy atom. The number of ether oxygens (including phenoxy) is 1. The van der Waals surface area contributed by atoms with Crippen molar-refractivity contribution in [3.8, 4) is 5.75 Å². The van der Waals surface area contributed by atoms with Crippen LogP contribution in [0.1, 0.15) is 0 Å². The highest BCUT2D eigenvalue weighted by atomic mass is 32.2. The summed E-state index contributed by atoms with van der Waals surface area (Å²) in [5, 5.41) is 15.3. The molecule has 5 rings (SSSR count). The molecule has 0 aliphatic rings. The Morgan fingerprint density at radius 3 is 2.64 bits per heavy atom. The molecule has 0 fully saturated rings. The number of para-hydroxylation sites is 3. The highest BCUT2D eigenvalue weighted by molar-refractivity contribution is 7.99. The number of carbonyl (C=O) groups excluding carboxylic acids is 1. The summed E-state index contributed by atoms with van der Waals surface area (Å²) in [5.41, 5.74) is 3.38. The van der Waals surface area contributed by atoms with Crippen LogP contribution in [0.2, 0.25) is 0 Å². The molecular formula is C23H17N5O4S. The molecule has 1 amide bonds. The normalized spacial score (nSPS) is 11.2. The summed E-state index contributed by atoms with van der Waals surface area (Å²) in [7, 11) is 1.44. The summed E-state index contributed by atoms with van der Waals surface area (Å²) < 4.78 is 7.17. The van der Waals surface area contributed by atoms with Crippen molar-refractivity contribution in [3.63, 3.8) is 0 Å². The molecule has 0 saturated heterocycles. The fourth-order valence-electron chi connectivity index (χ4n) is 3.63. The molecule has 33 heavy (non-hydrogen) atoms. The van der Waals surface area contributed by atoms with Gasteiger partial charge in [0, 0.05) is 17.5 Å². The van der Waals surface area contributed by atoms with Crippen molar-refractivity contribution in [2.45, 2.75) is 5.16 Å². The van der Waals surface area contributed by atoms with Crippen LogP contribution >= 0.6 is 11.8 Å². The third-order valence-electron chi connectivity index (χ3n) is 5.11. The van der Waals surface area contributed by atoms with Crippen LogP contribution in [-0.2, 0) is 4.79 Å². The van der Waals surface area contributed by atoms with Gasteiger partial charge in [-0.15, -0.1) is 0 Å². The molecule has 164 valence electrons. The van der Waals surface area contributed by atoms with E-state index in [-0.39, 0.29) is 23.0 Å². The first kappa shape index (κ1) is 20.7. The van der Waals surface area contributed by atoms with Crippen LogP contribution < -0.4 is 10.1 Å².